The maximum absolute atomic E-state index is 13.6. The maximum Gasteiger partial charge on any atom is 0.246 e. The van der Waals surface area contributed by atoms with E-state index in [0.717, 1.165) is 6.07 Å². The molecule has 4 nitrogen and oxygen atoms in total. The summed E-state index contributed by atoms with van der Waals surface area (Å²) in [5.74, 6) is -0.745. The molecule has 0 aliphatic carbocycles. The van der Waals surface area contributed by atoms with Crippen molar-refractivity contribution in [2.75, 3.05) is 26.3 Å². The lowest BCUT2D eigenvalue weighted by molar-refractivity contribution is 0.0729. The molecule has 0 bridgehead atoms. The lowest BCUT2D eigenvalue weighted by Crippen LogP contribution is -2.40. The molecule has 0 saturated carbocycles. The molecule has 0 unspecified atom stereocenters. The average molecular weight is 324 g/mol. The van der Waals surface area contributed by atoms with Crippen LogP contribution in [0.4, 0.5) is 4.39 Å². The molecule has 0 N–H and O–H groups in total. The van der Waals surface area contributed by atoms with E-state index in [1.54, 1.807) is 0 Å². The predicted molar refractivity (Wildman–Crippen MR) is 63.7 cm³/mol. The first-order valence-electron chi connectivity index (χ1n) is 5.05. The van der Waals surface area contributed by atoms with Crippen molar-refractivity contribution in [2.45, 2.75) is 4.90 Å². The van der Waals surface area contributed by atoms with Gasteiger partial charge >= 0.3 is 0 Å². The zero-order valence-electron chi connectivity index (χ0n) is 8.90. The van der Waals surface area contributed by atoms with Crippen molar-refractivity contribution in [2.24, 2.45) is 0 Å². The fourth-order valence-electron chi connectivity index (χ4n) is 1.61. The summed E-state index contributed by atoms with van der Waals surface area (Å²) in [7, 11) is -3.75. The molecule has 1 fully saturated rings. The Hall–Kier alpha value is -0.500. The predicted octanol–water partition coefficient (Wildman–Crippen LogP) is 1.61. The molecule has 0 aromatic heterocycles. The summed E-state index contributed by atoms with van der Waals surface area (Å²) in [6, 6.07) is 3.92. The van der Waals surface area contributed by atoms with Gasteiger partial charge in [-0.05, 0) is 18.2 Å². The first kappa shape index (κ1) is 12.9. The summed E-state index contributed by atoms with van der Waals surface area (Å²) in [5, 5.41) is 0. The topological polar surface area (TPSA) is 46.6 Å². The molecule has 1 aromatic rings. The molecule has 2 rings (SSSR count). The number of halogens is 2. The number of morpholine rings is 1. The van der Waals surface area contributed by atoms with Gasteiger partial charge in [-0.15, -0.1) is 0 Å². The van der Waals surface area contributed by atoms with Gasteiger partial charge < -0.3 is 4.74 Å². The fraction of sp³-hybridized carbons (Fsp3) is 0.400. The van der Waals surface area contributed by atoms with Gasteiger partial charge in [0.1, 0.15) is 10.7 Å². The lowest BCUT2D eigenvalue weighted by atomic mass is 10.3. The van der Waals surface area contributed by atoms with E-state index in [1.807, 2.05) is 0 Å². The van der Waals surface area contributed by atoms with E-state index >= 15 is 0 Å². The Labute approximate surface area is 108 Å². The Kier molecular flexibility index (Phi) is 3.82. The summed E-state index contributed by atoms with van der Waals surface area (Å²) < 4.78 is 44.7. The molecule has 0 radical (unpaired) electrons. The third-order valence-corrected chi connectivity index (χ3v) is 4.91. The minimum absolute atomic E-state index is 0.262. The van der Waals surface area contributed by atoms with Gasteiger partial charge in [0.2, 0.25) is 10.0 Å². The van der Waals surface area contributed by atoms with Crippen molar-refractivity contribution in [3.8, 4) is 0 Å². The van der Waals surface area contributed by atoms with Crippen LogP contribution in [0.1, 0.15) is 0 Å². The van der Waals surface area contributed by atoms with Gasteiger partial charge in [-0.25, -0.2) is 12.8 Å². The Morgan fingerprint density at radius 1 is 1.29 bits per heavy atom. The lowest BCUT2D eigenvalue weighted by Gasteiger charge is -2.26. The molecule has 1 aliphatic rings. The minimum atomic E-state index is -3.75. The fourth-order valence-corrected chi connectivity index (χ4v) is 3.40. The number of hydrogen-bond acceptors (Lipinski definition) is 3. The average Bonchev–Trinajstić information content (AvgIpc) is 2.29. The SMILES string of the molecule is O=S(=O)(c1ccc(Br)cc1F)N1CCOCC1. The Morgan fingerprint density at radius 2 is 1.94 bits per heavy atom. The number of nitrogens with zero attached hydrogens (tertiary/aromatic N) is 1. The number of sulfonamides is 1. The highest BCUT2D eigenvalue weighted by molar-refractivity contribution is 9.10. The standard InChI is InChI=1S/C10H11BrFNO3S/c11-8-1-2-10(9(12)7-8)17(14,15)13-3-5-16-6-4-13/h1-2,7H,3-6H2. The molecule has 0 spiro atoms. The van der Waals surface area contributed by atoms with Gasteiger partial charge in [0.15, 0.2) is 0 Å². The summed E-state index contributed by atoms with van der Waals surface area (Å²) in [6.07, 6.45) is 0. The molecular formula is C10H11BrFNO3S. The van der Waals surface area contributed by atoms with Gasteiger partial charge in [0.05, 0.1) is 13.2 Å². The van der Waals surface area contributed by atoms with Crippen LogP contribution in [-0.2, 0) is 14.8 Å². The van der Waals surface area contributed by atoms with Gasteiger partial charge in [0, 0.05) is 17.6 Å². The van der Waals surface area contributed by atoms with E-state index in [1.165, 1.54) is 16.4 Å². The van der Waals surface area contributed by atoms with Crippen molar-refractivity contribution in [3.05, 3.63) is 28.5 Å². The van der Waals surface area contributed by atoms with Crippen LogP contribution >= 0.6 is 15.9 Å². The molecular weight excluding hydrogens is 313 g/mol. The molecule has 0 amide bonds. The van der Waals surface area contributed by atoms with Gasteiger partial charge in [0.25, 0.3) is 0 Å². The number of benzene rings is 1. The van der Waals surface area contributed by atoms with Crippen LogP contribution < -0.4 is 0 Å². The first-order chi connectivity index (χ1) is 8.01. The van der Waals surface area contributed by atoms with Crippen LogP contribution in [0.3, 0.4) is 0 Å². The molecule has 94 valence electrons. The van der Waals surface area contributed by atoms with Crippen LogP contribution in [0.25, 0.3) is 0 Å². The quantitative estimate of drug-likeness (QED) is 0.830. The van der Waals surface area contributed by atoms with Gasteiger partial charge in [-0.2, -0.15) is 4.31 Å². The molecule has 1 heterocycles. The van der Waals surface area contributed by atoms with E-state index in [2.05, 4.69) is 15.9 Å². The van der Waals surface area contributed by atoms with Gasteiger partial charge in [-0.1, -0.05) is 15.9 Å². The smallest absolute Gasteiger partial charge is 0.246 e. The highest BCUT2D eigenvalue weighted by Gasteiger charge is 2.28. The zero-order valence-corrected chi connectivity index (χ0v) is 11.3. The molecule has 17 heavy (non-hydrogen) atoms. The van der Waals surface area contributed by atoms with Crippen LogP contribution in [0.5, 0.6) is 0 Å². The Bertz CT molecular complexity index is 514. The Morgan fingerprint density at radius 3 is 2.53 bits per heavy atom. The number of ether oxygens (including phenoxy) is 1. The highest BCUT2D eigenvalue weighted by atomic mass is 79.9. The molecule has 0 atom stereocenters. The summed E-state index contributed by atoms with van der Waals surface area (Å²) >= 11 is 3.09. The van der Waals surface area contributed by atoms with Crippen LogP contribution in [0, 0.1) is 5.82 Å². The van der Waals surface area contributed by atoms with E-state index in [0.29, 0.717) is 17.7 Å². The van der Waals surface area contributed by atoms with Crippen LogP contribution in [0.15, 0.2) is 27.6 Å². The minimum Gasteiger partial charge on any atom is -0.379 e. The highest BCUT2D eigenvalue weighted by Crippen LogP contribution is 2.23. The monoisotopic (exact) mass is 323 g/mol. The maximum atomic E-state index is 13.6. The van der Waals surface area contributed by atoms with E-state index < -0.39 is 15.8 Å². The van der Waals surface area contributed by atoms with Crippen LogP contribution in [0.2, 0.25) is 0 Å². The van der Waals surface area contributed by atoms with Crippen molar-refractivity contribution in [1.82, 2.24) is 4.31 Å². The Balaban J connectivity index is 2.37. The van der Waals surface area contributed by atoms with Gasteiger partial charge in [-0.3, -0.25) is 0 Å². The summed E-state index contributed by atoms with van der Waals surface area (Å²) in [6.45, 7) is 1.21. The third kappa shape index (κ3) is 2.67. The second-order valence-electron chi connectivity index (χ2n) is 3.59. The zero-order chi connectivity index (χ0) is 12.5. The normalized spacial score (nSPS) is 18.2. The van der Waals surface area contributed by atoms with Crippen molar-refractivity contribution in [1.29, 1.82) is 0 Å². The third-order valence-electron chi connectivity index (χ3n) is 2.48. The van der Waals surface area contributed by atoms with Crippen molar-refractivity contribution >= 4 is 26.0 Å². The van der Waals surface area contributed by atoms with Crippen LogP contribution in [-0.4, -0.2) is 39.0 Å². The van der Waals surface area contributed by atoms with Crippen molar-refractivity contribution < 1.29 is 17.5 Å². The molecule has 7 heteroatoms. The van der Waals surface area contributed by atoms with E-state index in [-0.39, 0.29) is 18.0 Å². The molecule has 1 saturated heterocycles. The van der Waals surface area contributed by atoms with E-state index in [9.17, 15) is 12.8 Å². The first-order valence-corrected chi connectivity index (χ1v) is 7.28. The van der Waals surface area contributed by atoms with E-state index in [4.69, 9.17) is 4.74 Å². The summed E-state index contributed by atoms with van der Waals surface area (Å²) in [5.41, 5.74) is 0. The number of hydrogen-bond donors (Lipinski definition) is 0. The largest absolute Gasteiger partial charge is 0.379 e. The number of rotatable bonds is 2. The second kappa shape index (κ2) is 5.01. The molecule has 1 aromatic carbocycles. The second-order valence-corrected chi connectivity index (χ2v) is 6.41. The van der Waals surface area contributed by atoms with Crippen molar-refractivity contribution in [3.63, 3.8) is 0 Å². The molecule has 1 aliphatic heterocycles. The summed E-state index contributed by atoms with van der Waals surface area (Å²) in [4.78, 5) is -0.289.